The minimum atomic E-state index is -3.45. The molecule has 2 aliphatic rings. The number of fused-ring (bicyclic) bond motifs is 1. The fraction of sp³-hybridized carbons (Fsp3) is 0.421. The molecule has 0 unspecified atom stereocenters. The molecular formula is C19H25ClN2O3SSi. The Kier molecular flexibility index (Phi) is 5.07. The smallest absolute Gasteiger partial charge is 0.256 e. The zero-order chi connectivity index (χ0) is 20.0. The van der Waals surface area contributed by atoms with Crippen molar-refractivity contribution in [3.63, 3.8) is 0 Å². The van der Waals surface area contributed by atoms with E-state index in [-0.39, 0.29) is 10.8 Å². The van der Waals surface area contributed by atoms with E-state index >= 15 is 0 Å². The van der Waals surface area contributed by atoms with Gasteiger partial charge in [-0.05, 0) is 41.9 Å². The van der Waals surface area contributed by atoms with E-state index in [1.807, 2.05) is 24.3 Å². The average molecular weight is 425 g/mol. The average Bonchev–Trinajstić information content (AvgIpc) is 2.53. The zero-order valence-electron chi connectivity index (χ0n) is 16.3. The molecule has 1 aromatic carbocycles. The van der Waals surface area contributed by atoms with E-state index in [1.165, 1.54) is 0 Å². The van der Waals surface area contributed by atoms with Crippen LogP contribution in [0.5, 0.6) is 5.75 Å². The minimum absolute atomic E-state index is 0.0102. The molecule has 0 saturated carbocycles. The van der Waals surface area contributed by atoms with Crippen molar-refractivity contribution in [3.05, 3.63) is 47.1 Å². The van der Waals surface area contributed by atoms with Gasteiger partial charge in [0.2, 0.25) is 8.32 Å². The van der Waals surface area contributed by atoms with Gasteiger partial charge in [0.15, 0.2) is 5.84 Å². The summed E-state index contributed by atoms with van der Waals surface area (Å²) >= 11 is 6.24. The molecule has 8 heteroatoms. The van der Waals surface area contributed by atoms with Crippen LogP contribution in [0.3, 0.4) is 0 Å². The number of rotatable bonds is 3. The lowest BCUT2D eigenvalue weighted by molar-refractivity contribution is 0.492. The molecule has 1 aromatic rings. The standard InChI is InChI=1S/C19H25ClN2O3SSi/c1-19(2,3)27(4,5)25-16-8-6-14(7-9-16)17-12-15(20)13-22-10-11-26(23,24)21-18(17)22/h6-9,12-13H,10-11H2,1-5H3. The third-order valence-corrected chi connectivity index (χ3v) is 10.9. The molecule has 2 aliphatic heterocycles. The molecule has 3 rings (SSSR count). The van der Waals surface area contributed by atoms with E-state index in [9.17, 15) is 8.42 Å². The van der Waals surface area contributed by atoms with E-state index < -0.39 is 18.3 Å². The zero-order valence-corrected chi connectivity index (χ0v) is 18.9. The summed E-state index contributed by atoms with van der Waals surface area (Å²) in [4.78, 5) is 1.79. The fourth-order valence-electron chi connectivity index (χ4n) is 2.63. The van der Waals surface area contributed by atoms with Crippen LogP contribution in [0.4, 0.5) is 0 Å². The molecule has 27 heavy (non-hydrogen) atoms. The first-order valence-electron chi connectivity index (χ1n) is 8.86. The predicted molar refractivity (Wildman–Crippen MR) is 114 cm³/mol. The lowest BCUT2D eigenvalue weighted by atomic mass is 10.0. The number of hydrogen-bond donors (Lipinski definition) is 0. The van der Waals surface area contributed by atoms with Crippen molar-refractivity contribution in [2.45, 2.75) is 38.9 Å². The van der Waals surface area contributed by atoms with E-state index in [2.05, 4.69) is 38.3 Å². The first-order valence-corrected chi connectivity index (χ1v) is 13.8. The minimum Gasteiger partial charge on any atom is -0.544 e. The molecule has 0 aromatic heterocycles. The highest BCUT2D eigenvalue weighted by atomic mass is 35.5. The highest BCUT2D eigenvalue weighted by Gasteiger charge is 2.39. The van der Waals surface area contributed by atoms with Crippen LogP contribution < -0.4 is 4.43 Å². The van der Waals surface area contributed by atoms with Gasteiger partial charge in [0, 0.05) is 18.3 Å². The summed E-state index contributed by atoms with van der Waals surface area (Å²) in [6, 6.07) is 7.69. The Morgan fingerprint density at radius 3 is 2.41 bits per heavy atom. The highest BCUT2D eigenvalue weighted by molar-refractivity contribution is 7.90. The Hall–Kier alpha value is -1.57. The maximum Gasteiger partial charge on any atom is 0.256 e. The summed E-state index contributed by atoms with van der Waals surface area (Å²) in [6.45, 7) is 11.4. The van der Waals surface area contributed by atoms with Crippen LogP contribution in [0.25, 0.3) is 5.57 Å². The SMILES string of the molecule is CC(C)(C)[Si](C)(C)Oc1ccc(C2=CC(Cl)=CN3CCS(=O)(=O)N=C23)cc1. The quantitative estimate of drug-likeness (QED) is 0.665. The van der Waals surface area contributed by atoms with Crippen LogP contribution >= 0.6 is 11.6 Å². The third-order valence-electron chi connectivity index (χ3n) is 5.23. The van der Waals surface area contributed by atoms with E-state index in [0.29, 0.717) is 23.0 Å². The number of allylic oxidation sites excluding steroid dienone is 2. The summed E-state index contributed by atoms with van der Waals surface area (Å²) in [5.41, 5.74) is 1.55. The second kappa shape index (κ2) is 6.79. The van der Waals surface area contributed by atoms with Gasteiger partial charge in [-0.25, -0.2) is 8.42 Å². The lowest BCUT2D eigenvalue weighted by Gasteiger charge is -2.36. The van der Waals surface area contributed by atoms with Gasteiger partial charge in [0.25, 0.3) is 10.0 Å². The molecule has 0 spiro atoms. The Labute approximate surface area is 167 Å². The van der Waals surface area contributed by atoms with Crippen molar-refractivity contribution in [2.75, 3.05) is 12.3 Å². The number of hydrogen-bond acceptors (Lipinski definition) is 4. The van der Waals surface area contributed by atoms with Crippen LogP contribution in [0, 0.1) is 0 Å². The maximum absolute atomic E-state index is 12.0. The van der Waals surface area contributed by atoms with Crippen molar-refractivity contribution in [2.24, 2.45) is 4.40 Å². The number of halogens is 1. The summed E-state index contributed by atoms with van der Waals surface area (Å²) < 4.78 is 34.2. The maximum atomic E-state index is 12.0. The molecule has 0 atom stereocenters. The normalized spacial score (nSPS) is 19.6. The molecule has 0 radical (unpaired) electrons. The monoisotopic (exact) mass is 424 g/mol. The lowest BCUT2D eigenvalue weighted by Crippen LogP contribution is -2.43. The Balaban J connectivity index is 1.92. The summed E-state index contributed by atoms with van der Waals surface area (Å²) in [7, 11) is -5.36. The molecule has 146 valence electrons. The predicted octanol–water partition coefficient (Wildman–Crippen LogP) is 4.59. The molecule has 0 saturated heterocycles. The Morgan fingerprint density at radius 2 is 1.81 bits per heavy atom. The van der Waals surface area contributed by atoms with Crippen LogP contribution in [0.15, 0.2) is 46.0 Å². The topological polar surface area (TPSA) is 59.0 Å². The summed E-state index contributed by atoms with van der Waals surface area (Å²) in [5.74, 6) is 1.23. The van der Waals surface area contributed by atoms with Crippen molar-refractivity contribution in [1.82, 2.24) is 4.90 Å². The molecule has 5 nitrogen and oxygen atoms in total. The second-order valence-corrected chi connectivity index (χ2v) is 15.3. The fourth-order valence-corrected chi connectivity index (χ4v) is 4.87. The third kappa shape index (κ3) is 4.30. The van der Waals surface area contributed by atoms with Gasteiger partial charge in [-0.3, -0.25) is 0 Å². The van der Waals surface area contributed by atoms with Crippen LogP contribution in [0.2, 0.25) is 18.1 Å². The van der Waals surface area contributed by atoms with Crippen molar-refractivity contribution < 1.29 is 12.8 Å². The van der Waals surface area contributed by atoms with Gasteiger partial charge in [0.05, 0.1) is 10.8 Å². The first kappa shape index (κ1) is 20.2. The van der Waals surface area contributed by atoms with E-state index in [4.69, 9.17) is 16.0 Å². The molecule has 0 amide bonds. The van der Waals surface area contributed by atoms with Crippen molar-refractivity contribution in [3.8, 4) is 5.75 Å². The van der Waals surface area contributed by atoms with Gasteiger partial charge >= 0.3 is 0 Å². The molecule has 0 bridgehead atoms. The molecule has 0 aliphatic carbocycles. The van der Waals surface area contributed by atoms with E-state index in [0.717, 1.165) is 11.3 Å². The van der Waals surface area contributed by atoms with Crippen molar-refractivity contribution >= 4 is 41.4 Å². The van der Waals surface area contributed by atoms with Crippen LogP contribution in [0.1, 0.15) is 26.3 Å². The van der Waals surface area contributed by atoms with Gasteiger partial charge in [-0.2, -0.15) is 0 Å². The molecule has 0 N–H and O–H groups in total. The number of sulfonamides is 1. The van der Waals surface area contributed by atoms with Gasteiger partial charge in [-0.1, -0.05) is 44.5 Å². The van der Waals surface area contributed by atoms with Crippen molar-refractivity contribution in [1.29, 1.82) is 0 Å². The Bertz CT molecular complexity index is 942. The molecule has 2 heterocycles. The number of nitrogens with zero attached hydrogens (tertiary/aromatic N) is 2. The van der Waals surface area contributed by atoms with Crippen LogP contribution in [-0.2, 0) is 10.0 Å². The van der Waals surface area contributed by atoms with Gasteiger partial charge in [0.1, 0.15) is 5.75 Å². The van der Waals surface area contributed by atoms with Crippen LogP contribution in [-0.4, -0.2) is 39.8 Å². The largest absolute Gasteiger partial charge is 0.544 e. The Morgan fingerprint density at radius 1 is 1.19 bits per heavy atom. The highest BCUT2D eigenvalue weighted by Crippen LogP contribution is 2.38. The summed E-state index contributed by atoms with van der Waals surface area (Å²) in [6.07, 6.45) is 3.47. The number of benzene rings is 1. The second-order valence-electron chi connectivity index (χ2n) is 8.35. The number of amidine groups is 1. The summed E-state index contributed by atoms with van der Waals surface area (Å²) in [5, 5.41) is 0.659. The molecular weight excluding hydrogens is 400 g/mol. The van der Waals surface area contributed by atoms with E-state index in [1.54, 1.807) is 17.2 Å². The van der Waals surface area contributed by atoms with Gasteiger partial charge < -0.3 is 9.33 Å². The molecule has 0 fully saturated rings. The first-order chi connectivity index (χ1) is 12.4. The van der Waals surface area contributed by atoms with Gasteiger partial charge in [-0.15, -0.1) is 4.40 Å².